The van der Waals surface area contributed by atoms with Gasteiger partial charge in [-0.05, 0) is 37.1 Å². The standard InChI is InChI=1S/C11H10ClNOS/c1-7-3-8(2)5-9(4-7)14-11-13-10(12)6-15-11/h3-6H,1-2H3. The average molecular weight is 240 g/mol. The fourth-order valence-electron chi connectivity index (χ4n) is 1.38. The predicted octanol–water partition coefficient (Wildman–Crippen LogP) is 4.21. The lowest BCUT2D eigenvalue weighted by atomic mass is 10.1. The third-order valence-corrected chi connectivity index (χ3v) is 2.90. The lowest BCUT2D eigenvalue weighted by Crippen LogP contribution is -1.85. The second-order valence-corrected chi connectivity index (χ2v) is 4.57. The fraction of sp³-hybridized carbons (Fsp3) is 0.182. The van der Waals surface area contributed by atoms with Gasteiger partial charge in [0, 0.05) is 5.38 Å². The van der Waals surface area contributed by atoms with E-state index in [1.54, 1.807) is 5.38 Å². The van der Waals surface area contributed by atoms with Crippen molar-refractivity contribution < 1.29 is 4.74 Å². The first-order valence-corrected chi connectivity index (χ1v) is 5.76. The molecule has 0 radical (unpaired) electrons. The van der Waals surface area contributed by atoms with E-state index < -0.39 is 0 Å². The summed E-state index contributed by atoms with van der Waals surface area (Å²) in [5, 5.41) is 2.80. The van der Waals surface area contributed by atoms with Crippen molar-refractivity contribution in [1.29, 1.82) is 0 Å². The number of halogens is 1. The van der Waals surface area contributed by atoms with Crippen molar-refractivity contribution in [3.8, 4) is 10.9 Å². The van der Waals surface area contributed by atoms with Crippen LogP contribution < -0.4 is 4.74 Å². The molecule has 0 unspecified atom stereocenters. The van der Waals surface area contributed by atoms with Crippen LogP contribution in [0.1, 0.15) is 11.1 Å². The Hall–Kier alpha value is -1.06. The summed E-state index contributed by atoms with van der Waals surface area (Å²) in [6.07, 6.45) is 0. The highest BCUT2D eigenvalue weighted by Gasteiger charge is 2.03. The molecule has 0 saturated heterocycles. The minimum absolute atomic E-state index is 0.472. The third-order valence-electron chi connectivity index (χ3n) is 1.86. The quantitative estimate of drug-likeness (QED) is 0.783. The van der Waals surface area contributed by atoms with Crippen LogP contribution in [-0.4, -0.2) is 4.98 Å². The lowest BCUT2D eigenvalue weighted by molar-refractivity contribution is 0.478. The van der Waals surface area contributed by atoms with Crippen LogP contribution in [0.4, 0.5) is 0 Å². The molecule has 0 spiro atoms. The number of hydrogen-bond acceptors (Lipinski definition) is 3. The first-order valence-electron chi connectivity index (χ1n) is 4.50. The Kier molecular flexibility index (Phi) is 2.93. The number of aryl methyl sites for hydroxylation is 2. The van der Waals surface area contributed by atoms with E-state index >= 15 is 0 Å². The zero-order valence-electron chi connectivity index (χ0n) is 8.45. The van der Waals surface area contributed by atoms with Gasteiger partial charge in [-0.25, -0.2) is 0 Å². The third kappa shape index (κ3) is 2.70. The summed E-state index contributed by atoms with van der Waals surface area (Å²) in [6, 6.07) is 6.05. The molecule has 4 heteroatoms. The maximum atomic E-state index is 5.71. The van der Waals surface area contributed by atoms with Crippen molar-refractivity contribution in [2.45, 2.75) is 13.8 Å². The molecule has 0 fully saturated rings. The molecule has 0 aliphatic heterocycles. The van der Waals surface area contributed by atoms with E-state index in [-0.39, 0.29) is 0 Å². The summed E-state index contributed by atoms with van der Waals surface area (Å²) in [6.45, 7) is 4.07. The maximum Gasteiger partial charge on any atom is 0.280 e. The number of nitrogens with zero attached hydrogens (tertiary/aromatic N) is 1. The smallest absolute Gasteiger partial charge is 0.280 e. The molecule has 0 atom stereocenters. The molecule has 2 aromatic rings. The molecule has 2 nitrogen and oxygen atoms in total. The van der Waals surface area contributed by atoms with Gasteiger partial charge in [-0.15, -0.1) is 0 Å². The van der Waals surface area contributed by atoms with Crippen LogP contribution in [0.25, 0.3) is 0 Å². The normalized spacial score (nSPS) is 10.3. The summed E-state index contributed by atoms with van der Waals surface area (Å²) >= 11 is 7.10. The van der Waals surface area contributed by atoms with Crippen LogP contribution in [-0.2, 0) is 0 Å². The van der Waals surface area contributed by atoms with Gasteiger partial charge in [0.25, 0.3) is 5.19 Å². The van der Waals surface area contributed by atoms with Crippen LogP contribution in [0.3, 0.4) is 0 Å². The summed E-state index contributed by atoms with van der Waals surface area (Å²) in [7, 11) is 0. The lowest BCUT2D eigenvalue weighted by Gasteiger charge is -2.04. The minimum Gasteiger partial charge on any atom is -0.431 e. The molecule has 2 rings (SSSR count). The highest BCUT2D eigenvalue weighted by Crippen LogP contribution is 2.28. The van der Waals surface area contributed by atoms with E-state index in [1.165, 1.54) is 22.5 Å². The Balaban J connectivity index is 2.24. The number of ether oxygens (including phenoxy) is 1. The number of benzene rings is 1. The van der Waals surface area contributed by atoms with Crippen LogP contribution in [0.5, 0.6) is 10.9 Å². The molecule has 0 amide bonds. The van der Waals surface area contributed by atoms with Crippen molar-refractivity contribution in [2.24, 2.45) is 0 Å². The van der Waals surface area contributed by atoms with Crippen LogP contribution in [0.2, 0.25) is 5.15 Å². The molecule has 1 aromatic carbocycles. The van der Waals surface area contributed by atoms with Gasteiger partial charge in [0.1, 0.15) is 10.9 Å². The van der Waals surface area contributed by atoms with Gasteiger partial charge in [-0.2, -0.15) is 4.98 Å². The first-order chi connectivity index (χ1) is 7.13. The predicted molar refractivity (Wildman–Crippen MR) is 63.1 cm³/mol. The summed E-state index contributed by atoms with van der Waals surface area (Å²) in [5.41, 5.74) is 2.35. The van der Waals surface area contributed by atoms with Crippen molar-refractivity contribution in [2.75, 3.05) is 0 Å². The Morgan fingerprint density at radius 2 is 1.87 bits per heavy atom. The molecule has 0 aliphatic rings. The fourth-order valence-corrected chi connectivity index (χ4v) is 2.19. The average Bonchev–Trinajstić information content (AvgIpc) is 2.49. The van der Waals surface area contributed by atoms with Gasteiger partial charge >= 0.3 is 0 Å². The molecule has 0 bridgehead atoms. The molecule has 15 heavy (non-hydrogen) atoms. The molecule has 0 N–H and O–H groups in total. The minimum atomic E-state index is 0.472. The van der Waals surface area contributed by atoms with E-state index in [0.717, 1.165) is 5.75 Å². The highest BCUT2D eigenvalue weighted by atomic mass is 35.5. The maximum absolute atomic E-state index is 5.71. The zero-order valence-corrected chi connectivity index (χ0v) is 10.0. The largest absolute Gasteiger partial charge is 0.431 e. The molecule has 0 aliphatic carbocycles. The van der Waals surface area contributed by atoms with E-state index in [1.807, 2.05) is 26.0 Å². The second-order valence-electron chi connectivity index (χ2n) is 3.36. The van der Waals surface area contributed by atoms with Crippen molar-refractivity contribution in [3.05, 3.63) is 39.9 Å². The van der Waals surface area contributed by atoms with Gasteiger partial charge < -0.3 is 4.74 Å². The van der Waals surface area contributed by atoms with Crippen LogP contribution in [0.15, 0.2) is 23.6 Å². The van der Waals surface area contributed by atoms with E-state index in [4.69, 9.17) is 16.3 Å². The van der Waals surface area contributed by atoms with Gasteiger partial charge in [0.15, 0.2) is 0 Å². The number of rotatable bonds is 2. The second kappa shape index (κ2) is 4.21. The number of aromatic nitrogens is 1. The Morgan fingerprint density at radius 1 is 1.20 bits per heavy atom. The van der Waals surface area contributed by atoms with Gasteiger partial charge in [0.05, 0.1) is 0 Å². The molecule has 1 aromatic heterocycles. The summed E-state index contributed by atoms with van der Waals surface area (Å²) in [4.78, 5) is 4.03. The molecular formula is C11H10ClNOS. The topological polar surface area (TPSA) is 22.1 Å². The number of hydrogen-bond donors (Lipinski definition) is 0. The Morgan fingerprint density at radius 3 is 2.40 bits per heavy atom. The van der Waals surface area contributed by atoms with E-state index in [0.29, 0.717) is 10.3 Å². The monoisotopic (exact) mass is 239 g/mol. The molecule has 0 saturated carbocycles. The van der Waals surface area contributed by atoms with Crippen molar-refractivity contribution in [3.63, 3.8) is 0 Å². The van der Waals surface area contributed by atoms with Gasteiger partial charge in [-0.1, -0.05) is 29.0 Å². The summed E-state index contributed by atoms with van der Waals surface area (Å²) < 4.78 is 5.58. The van der Waals surface area contributed by atoms with E-state index in [9.17, 15) is 0 Å². The van der Waals surface area contributed by atoms with Crippen LogP contribution in [0, 0.1) is 13.8 Å². The molecule has 78 valence electrons. The summed E-state index contributed by atoms with van der Waals surface area (Å²) in [5.74, 6) is 0.804. The van der Waals surface area contributed by atoms with E-state index in [2.05, 4.69) is 11.1 Å². The Bertz CT molecular complexity index is 461. The SMILES string of the molecule is Cc1cc(C)cc(Oc2nc(Cl)cs2)c1. The Labute approximate surface area is 97.5 Å². The zero-order chi connectivity index (χ0) is 10.8. The highest BCUT2D eigenvalue weighted by molar-refractivity contribution is 7.11. The first kappa shape index (κ1) is 10.5. The molecular weight excluding hydrogens is 230 g/mol. The van der Waals surface area contributed by atoms with Crippen molar-refractivity contribution in [1.82, 2.24) is 4.98 Å². The molecule has 1 heterocycles. The van der Waals surface area contributed by atoms with Gasteiger partial charge in [0.2, 0.25) is 0 Å². The van der Waals surface area contributed by atoms with Crippen LogP contribution >= 0.6 is 22.9 Å². The number of thiazole rings is 1. The van der Waals surface area contributed by atoms with Gasteiger partial charge in [-0.3, -0.25) is 0 Å². The van der Waals surface area contributed by atoms with Crippen molar-refractivity contribution >= 4 is 22.9 Å².